The quantitative estimate of drug-likeness (QED) is 0.602. The van der Waals surface area contributed by atoms with Crippen molar-refractivity contribution in [2.24, 2.45) is 5.92 Å². The number of aromatic nitrogens is 3. The average Bonchev–Trinajstić information content (AvgIpc) is 3.20. The SMILES string of the molecule is CCCNC(=O)CN1CCN(c2nc(-c3cccnc3)nc3sc4c(c23)CC[C@H](C)C4)CC1. The lowest BCUT2D eigenvalue weighted by molar-refractivity contribution is -0.122. The first kappa shape index (κ1) is 22.2. The number of thiophene rings is 1. The second kappa shape index (κ2) is 9.73. The molecule has 7 nitrogen and oxygen atoms in total. The molecule has 1 amide bonds. The second-order valence-electron chi connectivity index (χ2n) is 9.26. The van der Waals surface area contributed by atoms with Crippen molar-refractivity contribution in [2.75, 3.05) is 44.2 Å². The van der Waals surface area contributed by atoms with Gasteiger partial charge in [-0.3, -0.25) is 14.7 Å². The molecule has 3 aromatic rings. The summed E-state index contributed by atoms with van der Waals surface area (Å²) in [7, 11) is 0. The molecule has 0 spiro atoms. The first-order chi connectivity index (χ1) is 16.1. The van der Waals surface area contributed by atoms with Gasteiger partial charge in [-0.05, 0) is 49.3 Å². The van der Waals surface area contributed by atoms with Crippen molar-refractivity contribution in [3.63, 3.8) is 0 Å². The van der Waals surface area contributed by atoms with E-state index in [2.05, 4.69) is 33.9 Å². The molecule has 1 aliphatic carbocycles. The molecule has 1 fully saturated rings. The lowest BCUT2D eigenvalue weighted by Gasteiger charge is -2.35. The molecule has 1 saturated heterocycles. The Kier molecular flexibility index (Phi) is 6.55. The zero-order valence-corrected chi connectivity index (χ0v) is 20.3. The molecule has 2 aliphatic rings. The lowest BCUT2D eigenvalue weighted by atomic mass is 9.89. The maximum Gasteiger partial charge on any atom is 0.234 e. The van der Waals surface area contributed by atoms with Crippen molar-refractivity contribution < 1.29 is 4.79 Å². The standard InChI is InChI=1S/C25H32N6OS/c1-3-8-27-21(32)16-30-10-12-31(13-11-30)24-22-19-7-6-17(2)14-20(19)33-25(22)29-23(28-24)18-5-4-9-26-15-18/h4-5,9,15,17H,3,6-8,10-14,16H2,1-2H3,(H,27,32)/t17-/m0/s1. The molecule has 0 aromatic carbocycles. The third-order valence-electron chi connectivity index (χ3n) is 6.67. The van der Waals surface area contributed by atoms with Crippen LogP contribution in [0, 0.1) is 5.92 Å². The van der Waals surface area contributed by atoms with Crippen LogP contribution in [-0.2, 0) is 17.6 Å². The van der Waals surface area contributed by atoms with E-state index in [4.69, 9.17) is 9.97 Å². The van der Waals surface area contributed by atoms with Gasteiger partial charge in [-0.15, -0.1) is 11.3 Å². The van der Waals surface area contributed by atoms with Crippen molar-refractivity contribution >= 4 is 33.3 Å². The van der Waals surface area contributed by atoms with Crippen LogP contribution in [-0.4, -0.2) is 65.0 Å². The zero-order chi connectivity index (χ0) is 22.8. The molecule has 0 radical (unpaired) electrons. The first-order valence-electron chi connectivity index (χ1n) is 12.1. The van der Waals surface area contributed by atoms with Gasteiger partial charge in [0, 0.05) is 55.6 Å². The van der Waals surface area contributed by atoms with E-state index in [1.54, 1.807) is 6.20 Å². The van der Waals surface area contributed by atoms with E-state index in [1.807, 2.05) is 29.7 Å². The molecule has 4 heterocycles. The van der Waals surface area contributed by atoms with Gasteiger partial charge in [0.2, 0.25) is 5.91 Å². The van der Waals surface area contributed by atoms with Crippen LogP contribution >= 0.6 is 11.3 Å². The molecule has 5 rings (SSSR count). The average molecular weight is 465 g/mol. The molecular formula is C25H32N6OS. The van der Waals surface area contributed by atoms with Crippen molar-refractivity contribution in [3.8, 4) is 11.4 Å². The number of carbonyl (C=O) groups excluding carboxylic acids is 1. The Labute approximate surface area is 199 Å². The maximum atomic E-state index is 12.2. The van der Waals surface area contributed by atoms with E-state index in [-0.39, 0.29) is 5.91 Å². The summed E-state index contributed by atoms with van der Waals surface area (Å²) in [5, 5.41) is 4.24. The Balaban J connectivity index is 1.45. The molecule has 3 aromatic heterocycles. The van der Waals surface area contributed by atoms with Gasteiger partial charge < -0.3 is 10.2 Å². The van der Waals surface area contributed by atoms with Gasteiger partial charge in [-0.25, -0.2) is 9.97 Å². The van der Waals surface area contributed by atoms with Crippen LogP contribution in [0.15, 0.2) is 24.5 Å². The van der Waals surface area contributed by atoms with E-state index >= 15 is 0 Å². The number of piperazine rings is 1. The summed E-state index contributed by atoms with van der Waals surface area (Å²) >= 11 is 1.85. The van der Waals surface area contributed by atoms with Crippen LogP contribution in [0.5, 0.6) is 0 Å². The summed E-state index contributed by atoms with van der Waals surface area (Å²) in [6.07, 6.45) is 8.06. The van der Waals surface area contributed by atoms with Gasteiger partial charge in [-0.2, -0.15) is 0 Å². The van der Waals surface area contributed by atoms with E-state index in [1.165, 1.54) is 22.2 Å². The van der Waals surface area contributed by atoms with Gasteiger partial charge in [0.15, 0.2) is 5.82 Å². The number of fused-ring (bicyclic) bond motifs is 3. The molecule has 174 valence electrons. The summed E-state index contributed by atoms with van der Waals surface area (Å²) in [5.74, 6) is 2.65. The van der Waals surface area contributed by atoms with E-state index in [0.717, 1.165) is 79.9 Å². The minimum absolute atomic E-state index is 0.120. The highest BCUT2D eigenvalue weighted by Gasteiger charge is 2.28. The predicted octanol–water partition coefficient (Wildman–Crippen LogP) is 3.53. The number of nitrogens with zero attached hydrogens (tertiary/aromatic N) is 5. The molecule has 8 heteroatoms. The fraction of sp³-hybridized carbons (Fsp3) is 0.520. The van der Waals surface area contributed by atoms with Crippen LogP contribution in [0.4, 0.5) is 5.82 Å². The van der Waals surface area contributed by atoms with Crippen LogP contribution in [0.25, 0.3) is 21.6 Å². The predicted molar refractivity (Wildman–Crippen MR) is 134 cm³/mol. The van der Waals surface area contributed by atoms with Gasteiger partial charge >= 0.3 is 0 Å². The Bertz CT molecular complexity index is 1120. The third kappa shape index (κ3) is 4.73. The third-order valence-corrected chi connectivity index (χ3v) is 7.82. The lowest BCUT2D eigenvalue weighted by Crippen LogP contribution is -2.49. The van der Waals surface area contributed by atoms with Crippen LogP contribution < -0.4 is 10.2 Å². The number of anilines is 1. The Hall–Kier alpha value is -2.58. The van der Waals surface area contributed by atoms with Gasteiger partial charge in [0.05, 0.1) is 11.9 Å². The summed E-state index contributed by atoms with van der Waals surface area (Å²) in [4.78, 5) is 33.8. The normalized spacial score (nSPS) is 19.0. The molecule has 0 unspecified atom stereocenters. The molecule has 1 aliphatic heterocycles. The van der Waals surface area contributed by atoms with E-state index in [0.29, 0.717) is 6.54 Å². The highest BCUT2D eigenvalue weighted by molar-refractivity contribution is 7.19. The number of amides is 1. The van der Waals surface area contributed by atoms with Crippen LogP contribution in [0.2, 0.25) is 0 Å². The molecule has 1 N–H and O–H groups in total. The Morgan fingerprint density at radius 1 is 1.24 bits per heavy atom. The fourth-order valence-corrected chi connectivity index (χ4v) is 6.19. The highest BCUT2D eigenvalue weighted by Crippen LogP contribution is 2.42. The summed E-state index contributed by atoms with van der Waals surface area (Å²) < 4.78 is 0. The van der Waals surface area contributed by atoms with Crippen LogP contribution in [0.3, 0.4) is 0 Å². The smallest absolute Gasteiger partial charge is 0.234 e. The molecule has 1 atom stereocenters. The van der Waals surface area contributed by atoms with Crippen molar-refractivity contribution in [1.29, 1.82) is 0 Å². The maximum absolute atomic E-state index is 12.2. The summed E-state index contributed by atoms with van der Waals surface area (Å²) in [5.41, 5.74) is 2.41. The van der Waals surface area contributed by atoms with E-state index < -0.39 is 0 Å². The number of carbonyl (C=O) groups is 1. The van der Waals surface area contributed by atoms with Crippen molar-refractivity contribution in [2.45, 2.75) is 39.5 Å². The number of rotatable bonds is 6. The minimum atomic E-state index is 0.120. The Morgan fingerprint density at radius 2 is 2.09 bits per heavy atom. The molecule has 33 heavy (non-hydrogen) atoms. The number of hydrogen-bond acceptors (Lipinski definition) is 7. The topological polar surface area (TPSA) is 74.2 Å². The van der Waals surface area contributed by atoms with E-state index in [9.17, 15) is 4.79 Å². The fourth-order valence-electron chi connectivity index (χ4n) is 4.82. The highest BCUT2D eigenvalue weighted by atomic mass is 32.1. The van der Waals surface area contributed by atoms with Crippen molar-refractivity contribution in [1.82, 2.24) is 25.2 Å². The Morgan fingerprint density at radius 3 is 2.85 bits per heavy atom. The zero-order valence-electron chi connectivity index (χ0n) is 19.5. The minimum Gasteiger partial charge on any atom is -0.355 e. The van der Waals surface area contributed by atoms with Gasteiger partial charge in [-0.1, -0.05) is 13.8 Å². The van der Waals surface area contributed by atoms with Crippen LogP contribution in [0.1, 0.15) is 37.1 Å². The largest absolute Gasteiger partial charge is 0.355 e. The number of hydrogen-bond donors (Lipinski definition) is 1. The molecule has 0 bridgehead atoms. The monoisotopic (exact) mass is 464 g/mol. The number of pyridine rings is 1. The number of nitrogens with one attached hydrogen (secondary N) is 1. The van der Waals surface area contributed by atoms with Crippen molar-refractivity contribution in [3.05, 3.63) is 35.0 Å². The molecular weight excluding hydrogens is 432 g/mol. The second-order valence-corrected chi connectivity index (χ2v) is 10.3. The van der Waals surface area contributed by atoms with Gasteiger partial charge in [0.1, 0.15) is 10.6 Å². The molecule has 0 saturated carbocycles. The first-order valence-corrected chi connectivity index (χ1v) is 12.9. The summed E-state index contributed by atoms with van der Waals surface area (Å²) in [6, 6.07) is 3.96. The summed E-state index contributed by atoms with van der Waals surface area (Å²) in [6.45, 7) is 9.08. The number of aryl methyl sites for hydroxylation is 1. The van der Waals surface area contributed by atoms with Gasteiger partial charge in [0.25, 0.3) is 0 Å².